The summed E-state index contributed by atoms with van der Waals surface area (Å²) in [6.07, 6.45) is 5.37. The van der Waals surface area contributed by atoms with Crippen molar-refractivity contribution in [3.05, 3.63) is 35.6 Å². The van der Waals surface area contributed by atoms with Crippen molar-refractivity contribution in [2.75, 3.05) is 0 Å². The minimum atomic E-state index is -0.476. The van der Waals surface area contributed by atoms with E-state index in [1.807, 2.05) is 0 Å². The normalized spacial score (nSPS) is 17.5. The molecule has 0 bridgehead atoms. The molecule has 3 nitrogen and oxygen atoms in total. The number of nitrogens with zero attached hydrogens (tertiary/aromatic N) is 1. The van der Waals surface area contributed by atoms with E-state index in [1.54, 1.807) is 6.07 Å². The number of benzene rings is 1. The Morgan fingerprint density at radius 3 is 2.74 bits per heavy atom. The molecule has 1 aromatic carbocycles. The van der Waals surface area contributed by atoms with Gasteiger partial charge in [0.25, 0.3) is 5.91 Å². The third kappa shape index (κ3) is 3.54. The SMILES string of the molecule is N#CC(NC(=O)c1cccc(F)c1)C1CCCCC1. The summed E-state index contributed by atoms with van der Waals surface area (Å²) in [5.41, 5.74) is 0.260. The van der Waals surface area contributed by atoms with Gasteiger partial charge in [0.05, 0.1) is 6.07 Å². The molecule has 2 rings (SSSR count). The highest BCUT2D eigenvalue weighted by molar-refractivity contribution is 5.94. The van der Waals surface area contributed by atoms with E-state index in [-0.39, 0.29) is 17.4 Å². The molecule has 0 radical (unpaired) electrons. The van der Waals surface area contributed by atoms with Crippen LogP contribution in [0.1, 0.15) is 42.5 Å². The van der Waals surface area contributed by atoms with E-state index >= 15 is 0 Å². The number of hydrogen-bond donors (Lipinski definition) is 1. The number of nitrogens with one attached hydrogen (secondary N) is 1. The number of halogens is 1. The Labute approximate surface area is 112 Å². The van der Waals surface area contributed by atoms with E-state index in [2.05, 4.69) is 11.4 Å². The number of rotatable bonds is 3. The zero-order valence-electron chi connectivity index (χ0n) is 10.7. The maximum Gasteiger partial charge on any atom is 0.252 e. The highest BCUT2D eigenvalue weighted by Gasteiger charge is 2.25. The monoisotopic (exact) mass is 260 g/mol. The highest BCUT2D eigenvalue weighted by Crippen LogP contribution is 2.26. The van der Waals surface area contributed by atoms with Crippen molar-refractivity contribution < 1.29 is 9.18 Å². The molecule has 100 valence electrons. The van der Waals surface area contributed by atoms with E-state index in [4.69, 9.17) is 0 Å². The third-order valence-corrected chi connectivity index (χ3v) is 3.63. The molecule has 1 aliphatic carbocycles. The van der Waals surface area contributed by atoms with Crippen LogP contribution >= 0.6 is 0 Å². The van der Waals surface area contributed by atoms with Crippen LogP contribution in [0, 0.1) is 23.1 Å². The number of hydrogen-bond acceptors (Lipinski definition) is 2. The minimum Gasteiger partial charge on any atom is -0.336 e. The molecule has 1 unspecified atom stereocenters. The third-order valence-electron chi connectivity index (χ3n) is 3.63. The quantitative estimate of drug-likeness (QED) is 0.908. The zero-order chi connectivity index (χ0) is 13.7. The van der Waals surface area contributed by atoms with Gasteiger partial charge in [-0.3, -0.25) is 4.79 Å². The Balaban J connectivity index is 2.02. The van der Waals surface area contributed by atoms with Crippen molar-refractivity contribution >= 4 is 5.91 Å². The fourth-order valence-corrected chi connectivity index (χ4v) is 2.58. The molecule has 0 heterocycles. The summed E-state index contributed by atoms with van der Waals surface area (Å²) in [7, 11) is 0. The van der Waals surface area contributed by atoms with Crippen molar-refractivity contribution in [2.45, 2.75) is 38.1 Å². The molecule has 0 aliphatic heterocycles. The summed E-state index contributed by atoms with van der Waals surface area (Å²) < 4.78 is 13.1. The molecule has 0 aromatic heterocycles. The summed E-state index contributed by atoms with van der Waals surface area (Å²) in [5.74, 6) is -0.605. The van der Waals surface area contributed by atoms with Crippen LogP contribution in [0.5, 0.6) is 0 Å². The fourth-order valence-electron chi connectivity index (χ4n) is 2.58. The Kier molecular flexibility index (Phi) is 4.51. The molecule has 1 atom stereocenters. The average molecular weight is 260 g/mol. The summed E-state index contributed by atoms with van der Waals surface area (Å²) in [4.78, 5) is 12.0. The second kappa shape index (κ2) is 6.33. The topological polar surface area (TPSA) is 52.9 Å². The summed E-state index contributed by atoms with van der Waals surface area (Å²) in [6.45, 7) is 0. The van der Waals surface area contributed by atoms with Gasteiger partial charge in [-0.05, 0) is 37.0 Å². The zero-order valence-corrected chi connectivity index (χ0v) is 10.7. The Morgan fingerprint density at radius 2 is 2.11 bits per heavy atom. The van der Waals surface area contributed by atoms with Crippen LogP contribution in [-0.4, -0.2) is 11.9 Å². The van der Waals surface area contributed by atoms with E-state index in [1.165, 1.54) is 24.6 Å². The van der Waals surface area contributed by atoms with E-state index in [9.17, 15) is 14.4 Å². The maximum atomic E-state index is 13.1. The molecule has 1 fully saturated rings. The first kappa shape index (κ1) is 13.5. The van der Waals surface area contributed by atoms with Crippen molar-refractivity contribution in [3.8, 4) is 6.07 Å². The van der Waals surface area contributed by atoms with Crippen LogP contribution < -0.4 is 5.32 Å². The van der Waals surface area contributed by atoms with Gasteiger partial charge in [0.2, 0.25) is 0 Å². The van der Waals surface area contributed by atoms with Gasteiger partial charge < -0.3 is 5.32 Å². The predicted molar refractivity (Wildman–Crippen MR) is 69.8 cm³/mol. The number of nitriles is 1. The highest BCUT2D eigenvalue weighted by atomic mass is 19.1. The minimum absolute atomic E-state index is 0.219. The molecule has 1 amide bonds. The lowest BCUT2D eigenvalue weighted by Crippen LogP contribution is -2.40. The standard InChI is InChI=1S/C15H17FN2O/c16-13-8-4-7-12(9-13)15(19)18-14(10-17)11-5-2-1-3-6-11/h4,7-9,11,14H,1-3,5-6H2,(H,18,19). The van der Waals surface area contributed by atoms with Crippen molar-refractivity contribution in [1.29, 1.82) is 5.26 Å². The van der Waals surface area contributed by atoms with Crippen molar-refractivity contribution in [1.82, 2.24) is 5.32 Å². The first-order valence-electron chi connectivity index (χ1n) is 6.67. The van der Waals surface area contributed by atoms with Crippen LogP contribution in [0.3, 0.4) is 0 Å². The van der Waals surface area contributed by atoms with Gasteiger partial charge in [0, 0.05) is 5.56 Å². The smallest absolute Gasteiger partial charge is 0.252 e. The molecular weight excluding hydrogens is 243 g/mol. The predicted octanol–water partition coefficient (Wildman–Crippen LogP) is 3.03. The van der Waals surface area contributed by atoms with Gasteiger partial charge in [-0.25, -0.2) is 4.39 Å². The van der Waals surface area contributed by atoms with E-state index < -0.39 is 11.9 Å². The molecule has 1 N–H and O–H groups in total. The molecule has 19 heavy (non-hydrogen) atoms. The van der Waals surface area contributed by atoms with Crippen molar-refractivity contribution in [2.24, 2.45) is 5.92 Å². The average Bonchev–Trinajstić information content (AvgIpc) is 2.45. The summed E-state index contributed by atoms with van der Waals surface area (Å²) in [6, 6.07) is 7.20. The fraction of sp³-hybridized carbons (Fsp3) is 0.467. The van der Waals surface area contributed by atoms with Crippen LogP contribution in [0.25, 0.3) is 0 Å². The van der Waals surface area contributed by atoms with Crippen LogP contribution in [0.4, 0.5) is 4.39 Å². The van der Waals surface area contributed by atoms with Gasteiger partial charge in [-0.15, -0.1) is 0 Å². The molecule has 1 aliphatic rings. The Hall–Kier alpha value is -1.89. The van der Waals surface area contributed by atoms with Crippen LogP contribution in [-0.2, 0) is 0 Å². The Bertz CT molecular complexity index is 489. The lowest BCUT2D eigenvalue weighted by atomic mass is 9.84. The lowest BCUT2D eigenvalue weighted by molar-refractivity contribution is 0.0928. The van der Waals surface area contributed by atoms with Crippen LogP contribution in [0.2, 0.25) is 0 Å². The molecule has 0 saturated heterocycles. The number of carbonyl (C=O) groups excluding carboxylic acids is 1. The van der Waals surface area contributed by atoms with Crippen LogP contribution in [0.15, 0.2) is 24.3 Å². The second-order valence-corrected chi connectivity index (χ2v) is 4.99. The second-order valence-electron chi connectivity index (χ2n) is 4.99. The summed E-state index contributed by atoms with van der Waals surface area (Å²) >= 11 is 0. The van der Waals surface area contributed by atoms with E-state index in [0.717, 1.165) is 25.7 Å². The molecule has 1 aromatic rings. The largest absolute Gasteiger partial charge is 0.336 e. The lowest BCUT2D eigenvalue weighted by Gasteiger charge is -2.26. The summed E-state index contributed by atoms with van der Waals surface area (Å²) in [5, 5.41) is 11.9. The molecular formula is C15H17FN2O. The maximum absolute atomic E-state index is 13.1. The van der Waals surface area contributed by atoms with Gasteiger partial charge in [0.1, 0.15) is 11.9 Å². The van der Waals surface area contributed by atoms with E-state index in [0.29, 0.717) is 0 Å². The number of amides is 1. The first-order chi connectivity index (χ1) is 9.20. The van der Waals surface area contributed by atoms with Crippen molar-refractivity contribution in [3.63, 3.8) is 0 Å². The Morgan fingerprint density at radius 1 is 1.37 bits per heavy atom. The van der Waals surface area contributed by atoms with Gasteiger partial charge >= 0.3 is 0 Å². The molecule has 4 heteroatoms. The number of carbonyl (C=O) groups is 1. The molecule has 1 saturated carbocycles. The van der Waals surface area contributed by atoms with Gasteiger partial charge in [-0.2, -0.15) is 5.26 Å². The van der Waals surface area contributed by atoms with Gasteiger partial charge in [0.15, 0.2) is 0 Å². The van der Waals surface area contributed by atoms with Gasteiger partial charge in [-0.1, -0.05) is 25.3 Å². The first-order valence-corrected chi connectivity index (χ1v) is 6.67. The molecule has 0 spiro atoms.